The SMILES string of the molecule is CC1(C)OC[C@H]([C@@H]2[C@H]3O[C@H]3CCN2C(=O)OCc2ccccc2)O1. The van der Waals surface area contributed by atoms with E-state index in [4.69, 9.17) is 18.9 Å². The third-order valence-electron chi connectivity index (χ3n) is 4.82. The first-order valence-corrected chi connectivity index (χ1v) is 8.48. The zero-order valence-corrected chi connectivity index (χ0v) is 14.0. The Kier molecular flexibility index (Phi) is 3.98. The first-order chi connectivity index (χ1) is 11.5. The standard InChI is InChI=1S/C18H23NO5/c1-18(2)22-11-14(24-18)15-16-13(23-16)8-9-19(15)17(20)21-10-12-6-4-3-5-7-12/h3-7,13-16H,8-11H2,1-2H3/t13-,14+,15+,16-/m0/s1. The van der Waals surface area contributed by atoms with Crippen molar-refractivity contribution in [2.45, 2.75) is 57.0 Å². The van der Waals surface area contributed by atoms with Gasteiger partial charge < -0.3 is 18.9 Å². The molecule has 0 spiro atoms. The molecule has 0 radical (unpaired) electrons. The summed E-state index contributed by atoms with van der Waals surface area (Å²) in [6, 6.07) is 9.54. The minimum Gasteiger partial charge on any atom is -0.445 e. The van der Waals surface area contributed by atoms with Crippen LogP contribution in [-0.2, 0) is 25.6 Å². The van der Waals surface area contributed by atoms with Gasteiger partial charge in [0.05, 0.1) is 18.8 Å². The van der Waals surface area contributed by atoms with E-state index >= 15 is 0 Å². The molecule has 3 saturated heterocycles. The van der Waals surface area contributed by atoms with E-state index in [-0.39, 0.29) is 37.1 Å². The molecule has 0 N–H and O–H groups in total. The zero-order valence-electron chi connectivity index (χ0n) is 14.0. The molecule has 1 aromatic carbocycles. The van der Waals surface area contributed by atoms with Gasteiger partial charge in [0.1, 0.15) is 18.8 Å². The van der Waals surface area contributed by atoms with Crippen molar-refractivity contribution in [2.24, 2.45) is 0 Å². The van der Waals surface area contributed by atoms with Crippen LogP contribution in [0.4, 0.5) is 4.79 Å². The number of amides is 1. The van der Waals surface area contributed by atoms with E-state index in [1.807, 2.05) is 44.2 Å². The van der Waals surface area contributed by atoms with Gasteiger partial charge in [-0.25, -0.2) is 4.79 Å². The van der Waals surface area contributed by atoms with Crippen LogP contribution in [0.25, 0.3) is 0 Å². The molecular weight excluding hydrogens is 310 g/mol. The summed E-state index contributed by atoms with van der Waals surface area (Å²) in [4.78, 5) is 14.4. The van der Waals surface area contributed by atoms with E-state index in [0.717, 1.165) is 12.0 Å². The number of ether oxygens (including phenoxy) is 4. The predicted molar refractivity (Wildman–Crippen MR) is 85.3 cm³/mol. The Bertz CT molecular complexity index is 605. The first-order valence-electron chi connectivity index (χ1n) is 8.48. The third kappa shape index (κ3) is 3.14. The van der Waals surface area contributed by atoms with Gasteiger partial charge in [0.15, 0.2) is 5.79 Å². The molecule has 1 aromatic rings. The minimum atomic E-state index is -0.619. The molecule has 4 rings (SSSR count). The van der Waals surface area contributed by atoms with Crippen molar-refractivity contribution >= 4 is 6.09 Å². The molecule has 3 aliphatic heterocycles. The number of piperidine rings is 1. The molecule has 0 aromatic heterocycles. The van der Waals surface area contributed by atoms with Gasteiger partial charge >= 0.3 is 6.09 Å². The van der Waals surface area contributed by atoms with Crippen molar-refractivity contribution in [2.75, 3.05) is 13.2 Å². The van der Waals surface area contributed by atoms with E-state index < -0.39 is 5.79 Å². The van der Waals surface area contributed by atoms with Crippen molar-refractivity contribution in [1.82, 2.24) is 4.90 Å². The number of nitrogens with zero attached hydrogens (tertiary/aromatic N) is 1. The van der Waals surface area contributed by atoms with E-state index in [2.05, 4.69) is 0 Å². The number of hydrogen-bond donors (Lipinski definition) is 0. The van der Waals surface area contributed by atoms with Gasteiger partial charge in [-0.2, -0.15) is 0 Å². The lowest BCUT2D eigenvalue weighted by molar-refractivity contribution is -0.147. The monoisotopic (exact) mass is 333 g/mol. The Balaban J connectivity index is 1.43. The molecule has 24 heavy (non-hydrogen) atoms. The van der Waals surface area contributed by atoms with Crippen LogP contribution < -0.4 is 0 Å². The first kappa shape index (κ1) is 15.9. The van der Waals surface area contributed by atoms with Gasteiger partial charge in [0, 0.05) is 6.54 Å². The molecule has 3 fully saturated rings. The van der Waals surface area contributed by atoms with E-state index in [9.17, 15) is 4.79 Å². The lowest BCUT2D eigenvalue weighted by atomic mass is 9.98. The second-order valence-corrected chi connectivity index (χ2v) is 7.02. The summed E-state index contributed by atoms with van der Waals surface area (Å²) < 4.78 is 22.9. The summed E-state index contributed by atoms with van der Waals surface area (Å²) in [5.74, 6) is -0.619. The van der Waals surface area contributed by atoms with Crippen molar-refractivity contribution in [3.05, 3.63) is 35.9 Å². The van der Waals surface area contributed by atoms with Gasteiger partial charge in [-0.15, -0.1) is 0 Å². The Hall–Kier alpha value is -1.63. The lowest BCUT2D eigenvalue weighted by Gasteiger charge is -2.35. The van der Waals surface area contributed by atoms with E-state index in [1.54, 1.807) is 4.90 Å². The maximum Gasteiger partial charge on any atom is 0.410 e. The number of benzene rings is 1. The zero-order chi connectivity index (χ0) is 16.7. The fraction of sp³-hybridized carbons (Fsp3) is 0.611. The normalized spacial score (nSPS) is 33.8. The van der Waals surface area contributed by atoms with E-state index in [1.165, 1.54) is 0 Å². The van der Waals surface area contributed by atoms with Crippen molar-refractivity contribution < 1.29 is 23.7 Å². The van der Waals surface area contributed by atoms with Gasteiger partial charge in [-0.05, 0) is 25.8 Å². The molecule has 4 atom stereocenters. The molecular formula is C18H23NO5. The van der Waals surface area contributed by atoms with Crippen LogP contribution >= 0.6 is 0 Å². The summed E-state index contributed by atoms with van der Waals surface area (Å²) in [5, 5.41) is 0. The summed E-state index contributed by atoms with van der Waals surface area (Å²) in [6.07, 6.45) is 0.621. The molecule has 0 aliphatic carbocycles. The topological polar surface area (TPSA) is 60.5 Å². The predicted octanol–water partition coefficient (Wildman–Crippen LogP) is 2.32. The largest absolute Gasteiger partial charge is 0.445 e. The molecule has 0 saturated carbocycles. The third-order valence-corrected chi connectivity index (χ3v) is 4.82. The molecule has 6 heteroatoms. The number of rotatable bonds is 3. The van der Waals surface area contributed by atoms with Gasteiger partial charge in [0.25, 0.3) is 0 Å². The summed E-state index contributed by atoms with van der Waals surface area (Å²) in [5.41, 5.74) is 0.974. The van der Waals surface area contributed by atoms with Crippen LogP contribution in [0.2, 0.25) is 0 Å². The quantitative estimate of drug-likeness (QED) is 0.795. The summed E-state index contributed by atoms with van der Waals surface area (Å²) in [6.45, 7) is 5.13. The van der Waals surface area contributed by atoms with Crippen molar-refractivity contribution in [1.29, 1.82) is 0 Å². The molecule has 3 heterocycles. The van der Waals surface area contributed by atoms with Crippen LogP contribution in [0.3, 0.4) is 0 Å². The highest BCUT2D eigenvalue weighted by molar-refractivity contribution is 5.68. The Morgan fingerprint density at radius 1 is 1.29 bits per heavy atom. The van der Waals surface area contributed by atoms with Crippen LogP contribution in [-0.4, -0.2) is 54.3 Å². The smallest absolute Gasteiger partial charge is 0.410 e. The second kappa shape index (κ2) is 6.02. The van der Waals surface area contributed by atoms with E-state index in [0.29, 0.717) is 13.2 Å². The summed E-state index contributed by atoms with van der Waals surface area (Å²) >= 11 is 0. The maximum atomic E-state index is 12.6. The summed E-state index contributed by atoms with van der Waals surface area (Å²) in [7, 11) is 0. The fourth-order valence-electron chi connectivity index (χ4n) is 3.59. The average Bonchev–Trinajstić information content (AvgIpc) is 3.28. The number of epoxide rings is 1. The molecule has 130 valence electrons. The van der Waals surface area contributed by atoms with Crippen LogP contribution in [0.1, 0.15) is 25.8 Å². The molecule has 3 aliphatic rings. The number of carbonyl (C=O) groups excluding carboxylic acids is 1. The van der Waals surface area contributed by atoms with Gasteiger partial charge in [-0.3, -0.25) is 4.90 Å². The van der Waals surface area contributed by atoms with Crippen molar-refractivity contribution in [3.8, 4) is 0 Å². The number of hydrogen-bond acceptors (Lipinski definition) is 5. The number of likely N-dealkylation sites (tertiary alicyclic amines) is 1. The molecule has 0 bridgehead atoms. The highest BCUT2D eigenvalue weighted by Gasteiger charge is 2.57. The Labute approximate surface area is 141 Å². The number of carbonyl (C=O) groups is 1. The molecule has 6 nitrogen and oxygen atoms in total. The second-order valence-electron chi connectivity index (χ2n) is 7.02. The Morgan fingerprint density at radius 2 is 2.08 bits per heavy atom. The Morgan fingerprint density at radius 3 is 2.79 bits per heavy atom. The highest BCUT2D eigenvalue weighted by Crippen LogP contribution is 2.40. The molecule has 1 amide bonds. The lowest BCUT2D eigenvalue weighted by Crippen LogP contribution is -2.54. The highest BCUT2D eigenvalue weighted by atomic mass is 16.7. The number of fused-ring (bicyclic) bond motifs is 1. The maximum absolute atomic E-state index is 12.6. The van der Waals surface area contributed by atoms with Crippen molar-refractivity contribution in [3.63, 3.8) is 0 Å². The van der Waals surface area contributed by atoms with Crippen LogP contribution in [0, 0.1) is 0 Å². The van der Waals surface area contributed by atoms with Crippen LogP contribution in [0.5, 0.6) is 0 Å². The minimum absolute atomic E-state index is 0.0329. The molecule has 0 unspecified atom stereocenters. The van der Waals surface area contributed by atoms with Gasteiger partial charge in [-0.1, -0.05) is 30.3 Å². The van der Waals surface area contributed by atoms with Gasteiger partial charge in [0.2, 0.25) is 0 Å². The van der Waals surface area contributed by atoms with Crippen LogP contribution in [0.15, 0.2) is 30.3 Å². The fourth-order valence-corrected chi connectivity index (χ4v) is 3.59. The average molecular weight is 333 g/mol.